The van der Waals surface area contributed by atoms with Crippen LogP contribution >= 0.6 is 0 Å². The van der Waals surface area contributed by atoms with Crippen molar-refractivity contribution in [3.8, 4) is 5.75 Å². The molecule has 0 atom stereocenters. The van der Waals surface area contributed by atoms with Gasteiger partial charge in [-0.15, -0.1) is 0 Å². The first-order valence-electron chi connectivity index (χ1n) is 6.82. The third kappa shape index (κ3) is 3.54. The van der Waals surface area contributed by atoms with Crippen LogP contribution in [0.15, 0.2) is 48.8 Å². The fraction of sp³-hybridized carbons (Fsp3) is 0.235. The molecular weight excluding hydrogens is 264 g/mol. The second kappa shape index (κ2) is 6.79. The van der Waals surface area contributed by atoms with Gasteiger partial charge < -0.3 is 14.5 Å². The quantitative estimate of drug-likeness (QED) is 0.642. The van der Waals surface area contributed by atoms with E-state index in [0.29, 0.717) is 5.76 Å². The van der Waals surface area contributed by atoms with Crippen LogP contribution in [0.1, 0.15) is 19.2 Å². The van der Waals surface area contributed by atoms with Crippen molar-refractivity contribution in [1.82, 2.24) is 9.97 Å². The Morgan fingerprint density at radius 2 is 2.19 bits per heavy atom. The van der Waals surface area contributed by atoms with E-state index in [1.165, 1.54) is 0 Å². The number of rotatable bonds is 6. The summed E-state index contributed by atoms with van der Waals surface area (Å²) in [5, 5.41) is 0. The van der Waals surface area contributed by atoms with Gasteiger partial charge in [0.05, 0.1) is 25.3 Å². The van der Waals surface area contributed by atoms with Gasteiger partial charge >= 0.3 is 0 Å². The molecule has 1 aromatic heterocycles. The second-order valence-electron chi connectivity index (χ2n) is 4.54. The summed E-state index contributed by atoms with van der Waals surface area (Å²) in [6.07, 6.45) is 6.62. The van der Waals surface area contributed by atoms with Crippen LogP contribution < -0.4 is 4.74 Å². The highest BCUT2D eigenvalue weighted by Gasteiger charge is 2.06. The number of hydrogen-bond acceptors (Lipinski definition) is 3. The van der Waals surface area contributed by atoms with Gasteiger partial charge in [0.25, 0.3) is 0 Å². The first kappa shape index (κ1) is 14.9. The number of H-pyrrole nitrogens is 1. The number of nitrogens with one attached hydrogen (secondary N) is 1. The molecule has 0 aliphatic carbocycles. The number of imidazole rings is 1. The van der Waals surface area contributed by atoms with E-state index < -0.39 is 0 Å². The normalized spacial score (nSPS) is 12.0. The van der Waals surface area contributed by atoms with Crippen molar-refractivity contribution in [1.29, 1.82) is 0 Å². The Morgan fingerprint density at radius 3 is 2.86 bits per heavy atom. The Bertz CT molecular complexity index is 696. The largest absolute Gasteiger partial charge is 0.497 e. The van der Waals surface area contributed by atoms with Crippen LogP contribution in [-0.2, 0) is 4.74 Å². The van der Waals surface area contributed by atoms with Crippen molar-refractivity contribution in [2.75, 3.05) is 14.2 Å². The summed E-state index contributed by atoms with van der Waals surface area (Å²) < 4.78 is 10.2. The summed E-state index contributed by atoms with van der Waals surface area (Å²) in [4.78, 5) is 7.94. The monoisotopic (exact) mass is 284 g/mol. The molecule has 0 spiro atoms. The molecule has 0 aliphatic heterocycles. The topological polar surface area (TPSA) is 47.1 Å². The van der Waals surface area contributed by atoms with Crippen molar-refractivity contribution in [3.05, 3.63) is 54.6 Å². The van der Waals surface area contributed by atoms with Crippen molar-refractivity contribution in [2.45, 2.75) is 13.3 Å². The Labute approximate surface area is 124 Å². The van der Waals surface area contributed by atoms with Gasteiger partial charge in [0.15, 0.2) is 0 Å². The Kier molecular flexibility index (Phi) is 4.82. The maximum absolute atomic E-state index is 5.22. The summed E-state index contributed by atoms with van der Waals surface area (Å²) in [6, 6.07) is 5.80. The van der Waals surface area contributed by atoms with E-state index in [1.54, 1.807) is 14.2 Å². The number of aromatic amines is 1. The molecule has 0 aliphatic rings. The number of hydrogen-bond donors (Lipinski definition) is 1. The third-order valence-electron chi connectivity index (χ3n) is 3.22. The Balaban J connectivity index is 2.31. The van der Waals surface area contributed by atoms with Gasteiger partial charge in [-0.25, -0.2) is 4.98 Å². The summed E-state index contributed by atoms with van der Waals surface area (Å²) in [5.41, 5.74) is 3.01. The molecule has 110 valence electrons. The highest BCUT2D eigenvalue weighted by atomic mass is 16.5. The molecule has 0 unspecified atom stereocenters. The van der Waals surface area contributed by atoms with E-state index in [9.17, 15) is 0 Å². The SMILES string of the molecule is C=C(/C=C\C=C(/CC)c1nc2ccc(OC)cc2[nH]1)OC. The van der Waals surface area contributed by atoms with Crippen LogP contribution in [0, 0.1) is 0 Å². The average molecular weight is 284 g/mol. The van der Waals surface area contributed by atoms with Crippen molar-refractivity contribution < 1.29 is 9.47 Å². The van der Waals surface area contributed by atoms with E-state index >= 15 is 0 Å². The summed E-state index contributed by atoms with van der Waals surface area (Å²) in [6.45, 7) is 5.84. The molecule has 1 heterocycles. The second-order valence-corrected chi connectivity index (χ2v) is 4.54. The van der Waals surface area contributed by atoms with Gasteiger partial charge in [-0.1, -0.05) is 25.7 Å². The highest BCUT2D eigenvalue weighted by Crippen LogP contribution is 2.23. The minimum atomic E-state index is 0.621. The zero-order chi connectivity index (χ0) is 15.2. The number of benzene rings is 1. The lowest BCUT2D eigenvalue weighted by Gasteiger charge is -1.98. The zero-order valence-corrected chi connectivity index (χ0v) is 12.6. The van der Waals surface area contributed by atoms with Crippen molar-refractivity contribution in [3.63, 3.8) is 0 Å². The lowest BCUT2D eigenvalue weighted by molar-refractivity contribution is 0.309. The number of aromatic nitrogens is 2. The van der Waals surface area contributed by atoms with E-state index in [0.717, 1.165) is 34.6 Å². The molecule has 0 bridgehead atoms. The van der Waals surface area contributed by atoms with Crippen LogP contribution in [-0.4, -0.2) is 24.2 Å². The van der Waals surface area contributed by atoms with Gasteiger partial charge in [-0.3, -0.25) is 0 Å². The third-order valence-corrected chi connectivity index (χ3v) is 3.22. The molecule has 4 nitrogen and oxygen atoms in total. The van der Waals surface area contributed by atoms with Gasteiger partial charge in [0.2, 0.25) is 0 Å². The molecule has 21 heavy (non-hydrogen) atoms. The van der Waals surface area contributed by atoms with Crippen LogP contribution in [0.3, 0.4) is 0 Å². The molecule has 0 radical (unpaired) electrons. The molecule has 0 fully saturated rings. The van der Waals surface area contributed by atoms with Gasteiger partial charge in [0.1, 0.15) is 17.3 Å². The summed E-state index contributed by atoms with van der Waals surface area (Å²) in [5.74, 6) is 2.31. The van der Waals surface area contributed by atoms with Crippen LogP contribution in [0.25, 0.3) is 16.6 Å². The van der Waals surface area contributed by atoms with E-state index in [-0.39, 0.29) is 0 Å². The minimum Gasteiger partial charge on any atom is -0.497 e. The van der Waals surface area contributed by atoms with Crippen molar-refractivity contribution in [2.24, 2.45) is 0 Å². The molecule has 2 rings (SSSR count). The smallest absolute Gasteiger partial charge is 0.134 e. The fourth-order valence-electron chi connectivity index (χ4n) is 1.97. The average Bonchev–Trinajstić information content (AvgIpc) is 2.93. The number of nitrogens with zero attached hydrogens (tertiary/aromatic N) is 1. The van der Waals surface area contributed by atoms with E-state index in [4.69, 9.17) is 9.47 Å². The highest BCUT2D eigenvalue weighted by molar-refractivity contribution is 5.80. The Hall–Kier alpha value is -2.49. The van der Waals surface area contributed by atoms with Gasteiger partial charge in [-0.05, 0) is 30.2 Å². The predicted octanol–water partition coefficient (Wildman–Crippen LogP) is 4.08. The lowest BCUT2D eigenvalue weighted by Crippen LogP contribution is -1.85. The zero-order valence-electron chi connectivity index (χ0n) is 12.6. The molecular formula is C17H20N2O2. The van der Waals surface area contributed by atoms with Crippen LogP contribution in [0.5, 0.6) is 5.75 Å². The standard InChI is InChI=1S/C17H20N2O2/c1-5-13(8-6-7-12(2)20-3)17-18-15-10-9-14(21-4)11-16(15)19-17/h6-11H,2,5H2,1,3-4H3,(H,18,19)/b7-6-,13-8+. The van der Waals surface area contributed by atoms with Gasteiger partial charge in [-0.2, -0.15) is 0 Å². The predicted molar refractivity (Wildman–Crippen MR) is 86.2 cm³/mol. The minimum absolute atomic E-state index is 0.621. The maximum Gasteiger partial charge on any atom is 0.134 e. The first-order valence-corrected chi connectivity index (χ1v) is 6.82. The number of allylic oxidation sites excluding steroid dienone is 4. The van der Waals surface area contributed by atoms with E-state index in [2.05, 4.69) is 23.5 Å². The maximum atomic E-state index is 5.22. The Morgan fingerprint density at radius 1 is 1.38 bits per heavy atom. The molecule has 0 amide bonds. The molecule has 0 saturated heterocycles. The molecule has 2 aromatic rings. The lowest BCUT2D eigenvalue weighted by atomic mass is 10.2. The number of methoxy groups -OCH3 is 2. The molecule has 4 heteroatoms. The summed E-state index contributed by atoms with van der Waals surface area (Å²) in [7, 11) is 3.26. The number of ether oxygens (including phenoxy) is 2. The van der Waals surface area contributed by atoms with E-state index in [1.807, 2.05) is 36.4 Å². The van der Waals surface area contributed by atoms with Crippen LogP contribution in [0.4, 0.5) is 0 Å². The van der Waals surface area contributed by atoms with Crippen LogP contribution in [0.2, 0.25) is 0 Å². The molecule has 1 N–H and O–H groups in total. The molecule has 0 saturated carbocycles. The van der Waals surface area contributed by atoms with Crippen molar-refractivity contribution >= 4 is 16.6 Å². The fourth-order valence-corrected chi connectivity index (χ4v) is 1.97. The van der Waals surface area contributed by atoms with Gasteiger partial charge in [0, 0.05) is 6.07 Å². The summed E-state index contributed by atoms with van der Waals surface area (Å²) >= 11 is 0. The number of fused-ring (bicyclic) bond motifs is 1. The first-order chi connectivity index (χ1) is 10.2. The molecule has 1 aromatic carbocycles.